The fourth-order valence-electron chi connectivity index (χ4n) is 1.96. The summed E-state index contributed by atoms with van der Waals surface area (Å²) in [5.41, 5.74) is 2.83. The number of aromatic nitrogens is 2. The van der Waals surface area contributed by atoms with E-state index >= 15 is 0 Å². The van der Waals surface area contributed by atoms with E-state index in [0.29, 0.717) is 28.1 Å². The molecule has 0 amide bonds. The lowest BCUT2D eigenvalue weighted by Crippen LogP contribution is -2.34. The second-order valence-corrected chi connectivity index (χ2v) is 4.97. The number of ether oxygens (including phenoxy) is 1. The summed E-state index contributed by atoms with van der Waals surface area (Å²) in [4.78, 5) is 25.4. The molecule has 6 nitrogen and oxygen atoms in total. The topological polar surface area (TPSA) is 73.2 Å². The molecular weight excluding hydrogens is 290 g/mol. The summed E-state index contributed by atoms with van der Waals surface area (Å²) in [7, 11) is 0. The molecule has 0 aliphatic carbocycles. The average molecular weight is 305 g/mol. The normalized spacial score (nSPS) is 10.4. The molecule has 1 aromatic carbocycles. The van der Waals surface area contributed by atoms with Crippen LogP contribution < -0.4 is 11.0 Å². The SMILES string of the molecule is CCOC(=O)Cc1nn(NC(C)=S)c(=O)c2ccccc12. The number of nitrogens with zero attached hydrogens (tertiary/aromatic N) is 2. The summed E-state index contributed by atoms with van der Waals surface area (Å²) in [6.07, 6.45) is -0.00715. The number of benzene rings is 1. The van der Waals surface area contributed by atoms with Crippen LogP contribution in [0.1, 0.15) is 19.5 Å². The van der Waals surface area contributed by atoms with Gasteiger partial charge in [-0.2, -0.15) is 5.10 Å². The zero-order chi connectivity index (χ0) is 15.4. The van der Waals surface area contributed by atoms with Crippen LogP contribution in [-0.2, 0) is 16.0 Å². The van der Waals surface area contributed by atoms with E-state index in [2.05, 4.69) is 10.5 Å². The third kappa shape index (κ3) is 3.43. The minimum Gasteiger partial charge on any atom is -0.466 e. The van der Waals surface area contributed by atoms with Gasteiger partial charge in [0.2, 0.25) is 0 Å². The average Bonchev–Trinajstić information content (AvgIpc) is 2.44. The van der Waals surface area contributed by atoms with Gasteiger partial charge in [0.1, 0.15) is 0 Å². The highest BCUT2D eigenvalue weighted by Gasteiger charge is 2.14. The maximum atomic E-state index is 12.3. The fourth-order valence-corrected chi connectivity index (χ4v) is 2.05. The van der Waals surface area contributed by atoms with E-state index in [1.165, 1.54) is 0 Å². The molecule has 110 valence electrons. The molecular formula is C14H15N3O3S. The molecule has 0 radical (unpaired) electrons. The van der Waals surface area contributed by atoms with Crippen molar-refractivity contribution in [3.05, 3.63) is 40.3 Å². The van der Waals surface area contributed by atoms with Gasteiger partial charge in [-0.1, -0.05) is 30.4 Å². The summed E-state index contributed by atoms with van der Waals surface area (Å²) in [6.45, 7) is 3.68. The van der Waals surface area contributed by atoms with Crippen LogP contribution in [0.3, 0.4) is 0 Å². The molecule has 0 atom stereocenters. The van der Waals surface area contributed by atoms with Crippen LogP contribution in [0.4, 0.5) is 0 Å². The molecule has 0 fully saturated rings. The maximum absolute atomic E-state index is 12.3. The summed E-state index contributed by atoms with van der Waals surface area (Å²) < 4.78 is 4.93. The number of fused-ring (bicyclic) bond motifs is 1. The molecule has 0 saturated carbocycles. The molecule has 7 heteroatoms. The second kappa shape index (κ2) is 6.45. The Morgan fingerprint density at radius 3 is 2.67 bits per heavy atom. The highest BCUT2D eigenvalue weighted by Crippen LogP contribution is 2.13. The first-order valence-corrected chi connectivity index (χ1v) is 6.88. The van der Waals surface area contributed by atoms with Crippen molar-refractivity contribution in [1.82, 2.24) is 9.89 Å². The molecule has 0 spiro atoms. The number of thiocarbonyl (C=S) groups is 1. The van der Waals surface area contributed by atoms with Crippen LogP contribution in [-0.4, -0.2) is 27.5 Å². The van der Waals surface area contributed by atoms with Crippen LogP contribution in [0, 0.1) is 0 Å². The van der Waals surface area contributed by atoms with E-state index in [1.807, 2.05) is 0 Å². The number of nitrogens with one attached hydrogen (secondary N) is 1. The Balaban J connectivity index is 2.57. The molecule has 1 N–H and O–H groups in total. The number of hydrogen-bond acceptors (Lipinski definition) is 5. The minimum absolute atomic E-state index is 0.00715. The van der Waals surface area contributed by atoms with Gasteiger partial charge in [-0.25, -0.2) is 0 Å². The van der Waals surface area contributed by atoms with Crippen molar-refractivity contribution in [2.45, 2.75) is 20.3 Å². The van der Waals surface area contributed by atoms with Crippen molar-refractivity contribution in [1.29, 1.82) is 0 Å². The van der Waals surface area contributed by atoms with Crippen LogP contribution >= 0.6 is 12.2 Å². The lowest BCUT2D eigenvalue weighted by molar-refractivity contribution is -0.142. The number of carbonyl (C=O) groups excluding carboxylic acids is 1. The van der Waals surface area contributed by atoms with E-state index in [-0.39, 0.29) is 17.9 Å². The van der Waals surface area contributed by atoms with Crippen molar-refractivity contribution in [3.8, 4) is 0 Å². The van der Waals surface area contributed by atoms with Crippen molar-refractivity contribution in [2.75, 3.05) is 12.0 Å². The van der Waals surface area contributed by atoms with Gasteiger partial charge < -0.3 is 4.74 Å². The Hall–Kier alpha value is -2.28. The number of esters is 1. The Labute approximate surface area is 126 Å². The highest BCUT2D eigenvalue weighted by molar-refractivity contribution is 7.80. The third-order valence-corrected chi connectivity index (χ3v) is 2.85. The monoisotopic (exact) mass is 305 g/mol. The largest absolute Gasteiger partial charge is 0.466 e. The molecule has 0 unspecified atom stereocenters. The van der Waals surface area contributed by atoms with Gasteiger partial charge in [0.25, 0.3) is 5.56 Å². The fraction of sp³-hybridized carbons (Fsp3) is 0.286. The van der Waals surface area contributed by atoms with Crippen molar-refractivity contribution < 1.29 is 9.53 Å². The van der Waals surface area contributed by atoms with E-state index in [1.54, 1.807) is 38.1 Å². The first kappa shape index (κ1) is 15.1. The van der Waals surface area contributed by atoms with Crippen LogP contribution in [0.15, 0.2) is 29.1 Å². The van der Waals surface area contributed by atoms with Crippen molar-refractivity contribution in [3.63, 3.8) is 0 Å². The summed E-state index contributed by atoms with van der Waals surface area (Å²) in [6, 6.07) is 6.99. The van der Waals surface area contributed by atoms with Gasteiger partial charge >= 0.3 is 5.97 Å². The molecule has 2 rings (SSSR count). The number of rotatable bonds is 4. The predicted molar refractivity (Wildman–Crippen MR) is 84.0 cm³/mol. The minimum atomic E-state index is -0.389. The molecule has 0 bridgehead atoms. The van der Waals surface area contributed by atoms with E-state index in [4.69, 9.17) is 17.0 Å². The second-order valence-electron chi connectivity index (χ2n) is 4.36. The summed E-state index contributed by atoms with van der Waals surface area (Å²) in [5.74, 6) is -0.389. The zero-order valence-electron chi connectivity index (χ0n) is 11.8. The number of carbonyl (C=O) groups is 1. The highest BCUT2D eigenvalue weighted by atomic mass is 32.1. The summed E-state index contributed by atoms with van der Waals surface area (Å²) in [5, 5.41) is 5.27. The predicted octanol–water partition coefficient (Wildman–Crippen LogP) is 1.39. The van der Waals surface area contributed by atoms with Crippen LogP contribution in [0.25, 0.3) is 10.8 Å². The Morgan fingerprint density at radius 2 is 2.05 bits per heavy atom. The van der Waals surface area contributed by atoms with Gasteiger partial charge in [0.15, 0.2) is 0 Å². The molecule has 2 aromatic rings. The lowest BCUT2D eigenvalue weighted by atomic mass is 10.1. The van der Waals surface area contributed by atoms with Gasteiger partial charge in [-0.3, -0.25) is 15.0 Å². The van der Waals surface area contributed by atoms with Crippen LogP contribution in [0.2, 0.25) is 0 Å². The quantitative estimate of drug-likeness (QED) is 0.680. The molecule has 0 aliphatic rings. The molecule has 21 heavy (non-hydrogen) atoms. The Kier molecular flexibility index (Phi) is 4.64. The standard InChI is InChI=1S/C14H15N3O3S/c1-3-20-13(18)8-12-10-6-4-5-7-11(10)14(19)17(16-12)15-9(2)21/h4-7H,3,8H2,1-2H3,(H,15,21). The van der Waals surface area contributed by atoms with Crippen molar-refractivity contribution in [2.24, 2.45) is 0 Å². The Bertz CT molecular complexity index is 755. The Morgan fingerprint density at radius 1 is 1.38 bits per heavy atom. The van der Waals surface area contributed by atoms with Crippen molar-refractivity contribution >= 4 is 33.9 Å². The van der Waals surface area contributed by atoms with E-state index in [9.17, 15) is 9.59 Å². The van der Waals surface area contributed by atoms with E-state index < -0.39 is 0 Å². The van der Waals surface area contributed by atoms with E-state index in [0.717, 1.165) is 4.79 Å². The first-order valence-electron chi connectivity index (χ1n) is 6.47. The lowest BCUT2D eigenvalue weighted by Gasteiger charge is -2.11. The maximum Gasteiger partial charge on any atom is 0.311 e. The number of hydrogen-bond donors (Lipinski definition) is 1. The molecule has 0 aliphatic heterocycles. The zero-order valence-corrected chi connectivity index (χ0v) is 12.6. The van der Waals surface area contributed by atoms with Gasteiger partial charge in [-0.05, 0) is 19.9 Å². The third-order valence-electron chi connectivity index (χ3n) is 2.76. The molecule has 1 aromatic heterocycles. The summed E-state index contributed by atoms with van der Waals surface area (Å²) >= 11 is 4.93. The molecule has 1 heterocycles. The first-order chi connectivity index (χ1) is 10.0. The van der Waals surface area contributed by atoms with Gasteiger partial charge in [0, 0.05) is 5.39 Å². The smallest absolute Gasteiger partial charge is 0.311 e. The van der Waals surface area contributed by atoms with Gasteiger partial charge in [0.05, 0.1) is 29.1 Å². The van der Waals surface area contributed by atoms with Gasteiger partial charge in [-0.15, -0.1) is 4.79 Å². The molecule has 0 saturated heterocycles. The van der Waals surface area contributed by atoms with Crippen LogP contribution in [0.5, 0.6) is 0 Å².